The Hall–Kier alpha value is -1.50. The van der Waals surface area contributed by atoms with E-state index in [1.165, 1.54) is 19.3 Å². The molecule has 4 aliphatic carbocycles. The van der Waals surface area contributed by atoms with Gasteiger partial charge in [-0.15, -0.1) is 0 Å². The van der Waals surface area contributed by atoms with Gasteiger partial charge in [0.05, 0.1) is 30.8 Å². The molecule has 0 amide bonds. The van der Waals surface area contributed by atoms with Gasteiger partial charge in [-0.2, -0.15) is 0 Å². The summed E-state index contributed by atoms with van der Waals surface area (Å²) in [7, 11) is 0. The summed E-state index contributed by atoms with van der Waals surface area (Å²) in [4.78, 5) is 24.0. The Morgan fingerprint density at radius 3 is 2.05 bits per heavy atom. The molecule has 0 bridgehead atoms. The summed E-state index contributed by atoms with van der Waals surface area (Å²) in [5.41, 5.74) is 0. The lowest BCUT2D eigenvalue weighted by molar-refractivity contribution is -0.541. The lowest BCUT2D eigenvalue weighted by atomic mass is 9.87. The molecular formula is C31H49F3N2O7. The topological polar surface area (TPSA) is 109 Å². The summed E-state index contributed by atoms with van der Waals surface area (Å²) in [5.74, 6) is 0.0123. The molecule has 0 radical (unpaired) electrons. The van der Waals surface area contributed by atoms with E-state index in [-0.39, 0.29) is 42.2 Å². The van der Waals surface area contributed by atoms with Crippen LogP contribution >= 0.6 is 0 Å². The average Bonchev–Trinajstić information content (AvgIpc) is 3.02. The van der Waals surface area contributed by atoms with E-state index in [1.54, 1.807) is 0 Å². The predicted octanol–water partition coefficient (Wildman–Crippen LogP) is 5.89. The van der Waals surface area contributed by atoms with Gasteiger partial charge >= 0.3 is 5.97 Å². The molecule has 9 nitrogen and oxygen atoms in total. The third-order valence-corrected chi connectivity index (χ3v) is 10.3. The zero-order valence-electron chi connectivity index (χ0n) is 25.1. The molecule has 1 N–H and O–H groups in total. The molecule has 0 aromatic rings. The number of alkyl halides is 3. The minimum Gasteiger partial charge on any atom is -0.465 e. The van der Waals surface area contributed by atoms with Crippen molar-refractivity contribution >= 4 is 5.97 Å². The van der Waals surface area contributed by atoms with Crippen molar-refractivity contribution in [2.24, 2.45) is 11.8 Å². The zero-order chi connectivity index (χ0) is 30.3. The minimum atomic E-state index is -2.25. The number of hydrogen-bond donors (Lipinski definition) is 1. The molecular weight excluding hydrogens is 569 g/mol. The minimum absolute atomic E-state index is 0.0662. The second-order valence-corrected chi connectivity index (χ2v) is 13.4. The highest BCUT2D eigenvalue weighted by atomic mass is 19.2. The van der Waals surface area contributed by atoms with E-state index in [4.69, 9.17) is 18.9 Å². The molecule has 1 aliphatic heterocycles. The van der Waals surface area contributed by atoms with Gasteiger partial charge in [-0.05, 0) is 63.7 Å². The number of piperidine rings is 1. The van der Waals surface area contributed by atoms with Gasteiger partial charge < -0.3 is 18.9 Å². The summed E-state index contributed by atoms with van der Waals surface area (Å²) in [6.45, 7) is 0.468. The molecule has 0 aromatic heterocycles. The third kappa shape index (κ3) is 8.82. The molecule has 12 heteroatoms. The number of rotatable bonds is 10. The third-order valence-electron chi connectivity index (χ3n) is 10.3. The van der Waals surface area contributed by atoms with Crippen LogP contribution in [0.25, 0.3) is 0 Å². The van der Waals surface area contributed by atoms with Crippen LogP contribution in [0, 0.1) is 22.0 Å². The Bertz CT molecular complexity index is 899. The maximum atomic E-state index is 15.7. The van der Waals surface area contributed by atoms with Crippen LogP contribution in [0.15, 0.2) is 0 Å². The number of nitrogens with one attached hydrogen (secondary N) is 1. The van der Waals surface area contributed by atoms with Crippen molar-refractivity contribution in [1.82, 2.24) is 5.32 Å². The van der Waals surface area contributed by atoms with Crippen molar-refractivity contribution in [1.29, 1.82) is 0 Å². The van der Waals surface area contributed by atoms with Crippen molar-refractivity contribution in [2.45, 2.75) is 171 Å². The molecule has 8 atom stereocenters. The molecule has 1 saturated heterocycles. The number of nitro groups is 1. The van der Waals surface area contributed by atoms with Crippen LogP contribution in [0.4, 0.5) is 13.2 Å². The van der Waals surface area contributed by atoms with E-state index >= 15 is 4.39 Å². The first-order valence-corrected chi connectivity index (χ1v) is 16.7. The monoisotopic (exact) mass is 618 g/mol. The number of ether oxygens (including phenoxy) is 4. The van der Waals surface area contributed by atoms with Crippen LogP contribution < -0.4 is 5.32 Å². The highest BCUT2D eigenvalue weighted by Gasteiger charge is 2.50. The van der Waals surface area contributed by atoms with Gasteiger partial charge in [-0.3, -0.25) is 20.2 Å². The van der Waals surface area contributed by atoms with Gasteiger partial charge in [0.15, 0.2) is 18.6 Å². The van der Waals surface area contributed by atoms with Crippen molar-refractivity contribution in [3.8, 4) is 0 Å². The Labute approximate surface area is 252 Å². The maximum absolute atomic E-state index is 15.7. The smallest absolute Gasteiger partial charge is 0.308 e. The molecule has 4 saturated carbocycles. The molecule has 5 rings (SSSR count). The fourth-order valence-electron chi connectivity index (χ4n) is 7.69. The first-order chi connectivity index (χ1) is 20.8. The first-order valence-electron chi connectivity index (χ1n) is 16.7. The molecule has 5 fully saturated rings. The van der Waals surface area contributed by atoms with Gasteiger partial charge in [0.25, 0.3) is 0 Å². The highest BCUT2D eigenvalue weighted by Crippen LogP contribution is 2.35. The number of esters is 1. The van der Waals surface area contributed by atoms with E-state index in [0.717, 1.165) is 44.9 Å². The summed E-state index contributed by atoms with van der Waals surface area (Å²) in [6, 6.07) is -0.901. The van der Waals surface area contributed by atoms with Gasteiger partial charge in [-0.1, -0.05) is 38.5 Å². The van der Waals surface area contributed by atoms with Crippen LogP contribution in [0.1, 0.15) is 109 Å². The van der Waals surface area contributed by atoms with Crippen molar-refractivity contribution in [2.75, 3.05) is 6.61 Å². The van der Waals surface area contributed by atoms with Crippen LogP contribution in [0.3, 0.4) is 0 Å². The highest BCUT2D eigenvalue weighted by molar-refractivity contribution is 5.72. The molecule has 43 heavy (non-hydrogen) atoms. The van der Waals surface area contributed by atoms with Crippen LogP contribution in [-0.2, 0) is 23.7 Å². The average molecular weight is 619 g/mol. The van der Waals surface area contributed by atoms with Gasteiger partial charge in [0.1, 0.15) is 18.4 Å². The number of carbonyl (C=O) groups is 1. The molecule has 0 spiro atoms. The molecule has 246 valence electrons. The number of hydrogen-bond acceptors (Lipinski definition) is 8. The summed E-state index contributed by atoms with van der Waals surface area (Å²) in [6.07, 6.45) is 1.78. The van der Waals surface area contributed by atoms with Crippen molar-refractivity contribution < 1.29 is 41.8 Å². The van der Waals surface area contributed by atoms with E-state index in [9.17, 15) is 23.7 Å². The standard InChI is InChI=1S/C31H49F3N2O7/c32-26-28(42-23-15-16-24(36(38)39)25(17-23)41-21-9-5-2-6-10-21)27(33)30(35-29(26)34)43-22-13-11-20(12-14-22)31(37)40-18-19-7-3-1-4-8-19/h19-30,35H,1-18H2. The second kappa shape index (κ2) is 15.7. The Kier molecular flexibility index (Phi) is 12.0. The zero-order valence-corrected chi connectivity index (χ0v) is 25.1. The maximum Gasteiger partial charge on any atom is 0.308 e. The first kappa shape index (κ1) is 32.9. The van der Waals surface area contributed by atoms with Crippen molar-refractivity contribution in [3.63, 3.8) is 0 Å². The summed E-state index contributed by atoms with van der Waals surface area (Å²) >= 11 is 0. The van der Waals surface area contributed by atoms with Gasteiger partial charge in [0.2, 0.25) is 6.04 Å². The molecule has 0 aromatic carbocycles. The second-order valence-electron chi connectivity index (χ2n) is 13.4. The van der Waals surface area contributed by atoms with Crippen LogP contribution in [0.2, 0.25) is 0 Å². The van der Waals surface area contributed by atoms with Gasteiger partial charge in [0, 0.05) is 17.8 Å². The Morgan fingerprint density at radius 1 is 0.744 bits per heavy atom. The lowest BCUT2D eigenvalue weighted by Gasteiger charge is -2.42. The SMILES string of the molecule is O=C(OCC1CCCCC1)C1CCC(OC2NC(F)C(F)C(OC3CCC([N+](=O)[O-])C(OC4CCCCC4)C3)C2F)CC1. The van der Waals surface area contributed by atoms with E-state index < -0.39 is 55.3 Å². The van der Waals surface area contributed by atoms with E-state index in [2.05, 4.69) is 5.32 Å². The fraction of sp³-hybridized carbons (Fsp3) is 0.968. The molecule has 5 aliphatic rings. The fourth-order valence-corrected chi connectivity index (χ4v) is 7.69. The number of nitrogens with zero attached hydrogens (tertiary/aromatic N) is 1. The van der Waals surface area contributed by atoms with Crippen molar-refractivity contribution in [3.05, 3.63) is 10.1 Å². The molecule has 1 heterocycles. The van der Waals surface area contributed by atoms with Crippen LogP contribution in [-0.4, -0.2) is 78.9 Å². The summed E-state index contributed by atoms with van der Waals surface area (Å²) in [5, 5.41) is 14.0. The quantitative estimate of drug-likeness (QED) is 0.140. The number of halogens is 3. The molecule has 8 unspecified atom stereocenters. The lowest BCUT2D eigenvalue weighted by Crippen LogP contribution is -2.63. The van der Waals surface area contributed by atoms with E-state index in [0.29, 0.717) is 38.2 Å². The normalized spacial score (nSPS) is 40.2. The van der Waals surface area contributed by atoms with Gasteiger partial charge in [-0.25, -0.2) is 13.2 Å². The van der Waals surface area contributed by atoms with E-state index in [1.807, 2.05) is 0 Å². The summed E-state index contributed by atoms with van der Waals surface area (Å²) < 4.78 is 68.9. The van der Waals surface area contributed by atoms with Crippen LogP contribution in [0.5, 0.6) is 0 Å². The Morgan fingerprint density at radius 2 is 1.37 bits per heavy atom. The predicted molar refractivity (Wildman–Crippen MR) is 151 cm³/mol. The Balaban J connectivity index is 1.10. The largest absolute Gasteiger partial charge is 0.465 e. The number of carbonyl (C=O) groups excluding carboxylic acids is 1.